The Morgan fingerprint density at radius 2 is 2.04 bits per heavy atom. The summed E-state index contributed by atoms with van der Waals surface area (Å²) in [7, 11) is 1.66. The Morgan fingerprint density at radius 3 is 2.81 bits per heavy atom. The largest absolute Gasteiger partial charge is 0.497 e. The fourth-order valence-corrected chi connectivity index (χ4v) is 4.37. The fraction of sp³-hybridized carbons (Fsp3) is 0.350. The highest BCUT2D eigenvalue weighted by Crippen LogP contribution is 2.33. The standard InChI is InChI=1S/C20H21N3O2S/c1-25-15-10-8-14(9-11-15)17-7-3-2-4-13-23(17)20(24)19-22-16-6-5-12-21-18(16)26-19/h5-6,8-12,17H,2-4,7,13H2,1H3/t17-/m1/s1. The van der Waals surface area contributed by atoms with Gasteiger partial charge in [-0.15, -0.1) is 0 Å². The molecule has 0 spiro atoms. The lowest BCUT2D eigenvalue weighted by Gasteiger charge is -2.30. The van der Waals surface area contributed by atoms with Gasteiger partial charge in [0.2, 0.25) is 0 Å². The number of nitrogens with zero attached hydrogens (tertiary/aromatic N) is 3. The van der Waals surface area contributed by atoms with Crippen LogP contribution in [-0.2, 0) is 0 Å². The van der Waals surface area contributed by atoms with E-state index in [1.54, 1.807) is 13.3 Å². The molecule has 2 aromatic heterocycles. The van der Waals surface area contributed by atoms with Gasteiger partial charge in [0, 0.05) is 12.7 Å². The molecule has 0 radical (unpaired) electrons. The lowest BCUT2D eigenvalue weighted by Crippen LogP contribution is -2.34. The number of methoxy groups -OCH3 is 1. The SMILES string of the molecule is COc1ccc([C@H]2CCCCCN2C(=O)c2nc3cccnc3s2)cc1. The minimum atomic E-state index is 0.00992. The molecule has 4 rings (SSSR count). The molecule has 6 heteroatoms. The third-order valence-electron chi connectivity index (χ3n) is 4.86. The molecule has 1 aliphatic heterocycles. The van der Waals surface area contributed by atoms with E-state index in [0.717, 1.165) is 53.9 Å². The summed E-state index contributed by atoms with van der Waals surface area (Å²) in [6, 6.07) is 11.9. The minimum absolute atomic E-state index is 0.00992. The fourth-order valence-electron chi connectivity index (χ4n) is 3.51. The number of rotatable bonds is 3. The first kappa shape index (κ1) is 17.0. The van der Waals surface area contributed by atoms with Crippen LogP contribution in [0.3, 0.4) is 0 Å². The molecule has 1 amide bonds. The Bertz CT molecular complexity index is 874. The van der Waals surface area contributed by atoms with E-state index in [-0.39, 0.29) is 11.9 Å². The second-order valence-electron chi connectivity index (χ2n) is 6.48. The summed E-state index contributed by atoms with van der Waals surface area (Å²) < 4.78 is 5.26. The molecule has 1 saturated heterocycles. The van der Waals surface area contributed by atoms with Gasteiger partial charge in [-0.25, -0.2) is 9.97 Å². The molecular weight excluding hydrogens is 346 g/mol. The van der Waals surface area contributed by atoms with Crippen LogP contribution in [-0.4, -0.2) is 34.4 Å². The predicted octanol–water partition coefficient (Wildman–Crippen LogP) is 4.46. The van der Waals surface area contributed by atoms with Crippen LogP contribution in [0, 0.1) is 0 Å². The van der Waals surface area contributed by atoms with Crippen molar-refractivity contribution in [2.45, 2.75) is 31.7 Å². The van der Waals surface area contributed by atoms with E-state index in [1.807, 2.05) is 29.2 Å². The minimum Gasteiger partial charge on any atom is -0.497 e. The van der Waals surface area contributed by atoms with Crippen molar-refractivity contribution in [1.82, 2.24) is 14.9 Å². The smallest absolute Gasteiger partial charge is 0.283 e. The number of amides is 1. The molecule has 0 saturated carbocycles. The Kier molecular flexibility index (Phi) is 4.84. The second-order valence-corrected chi connectivity index (χ2v) is 7.46. The summed E-state index contributed by atoms with van der Waals surface area (Å²) in [4.78, 5) is 24.9. The zero-order chi connectivity index (χ0) is 17.9. The van der Waals surface area contributed by atoms with Gasteiger partial charge in [0.05, 0.1) is 13.2 Å². The van der Waals surface area contributed by atoms with E-state index in [0.29, 0.717) is 5.01 Å². The van der Waals surface area contributed by atoms with Crippen molar-refractivity contribution >= 4 is 27.6 Å². The summed E-state index contributed by atoms with van der Waals surface area (Å²) in [5.74, 6) is 0.841. The number of likely N-dealkylation sites (tertiary alicyclic amines) is 1. The first-order chi connectivity index (χ1) is 12.8. The highest BCUT2D eigenvalue weighted by atomic mass is 32.1. The van der Waals surface area contributed by atoms with Crippen LogP contribution in [0.25, 0.3) is 10.3 Å². The van der Waals surface area contributed by atoms with Crippen LogP contribution in [0.1, 0.15) is 47.1 Å². The van der Waals surface area contributed by atoms with E-state index in [2.05, 4.69) is 22.1 Å². The lowest BCUT2D eigenvalue weighted by atomic mass is 10.0. The molecule has 1 aliphatic rings. The molecule has 26 heavy (non-hydrogen) atoms. The number of carbonyl (C=O) groups excluding carboxylic acids is 1. The zero-order valence-electron chi connectivity index (χ0n) is 14.7. The summed E-state index contributed by atoms with van der Waals surface area (Å²) in [6.45, 7) is 0.763. The Balaban J connectivity index is 1.66. The van der Waals surface area contributed by atoms with E-state index < -0.39 is 0 Å². The third-order valence-corrected chi connectivity index (χ3v) is 5.83. The van der Waals surface area contributed by atoms with Gasteiger partial charge in [0.25, 0.3) is 5.91 Å². The van der Waals surface area contributed by atoms with E-state index in [4.69, 9.17) is 4.74 Å². The van der Waals surface area contributed by atoms with Crippen LogP contribution < -0.4 is 4.74 Å². The molecule has 134 valence electrons. The number of thiazole rings is 1. The van der Waals surface area contributed by atoms with Gasteiger partial charge in [-0.05, 0) is 42.7 Å². The number of hydrogen-bond acceptors (Lipinski definition) is 5. The van der Waals surface area contributed by atoms with E-state index in [1.165, 1.54) is 11.3 Å². The van der Waals surface area contributed by atoms with E-state index in [9.17, 15) is 4.79 Å². The number of pyridine rings is 1. The van der Waals surface area contributed by atoms with Gasteiger partial charge in [0.1, 0.15) is 16.1 Å². The van der Waals surface area contributed by atoms with Crippen molar-refractivity contribution in [2.24, 2.45) is 0 Å². The van der Waals surface area contributed by atoms with Crippen LogP contribution in [0.5, 0.6) is 5.75 Å². The Hall–Kier alpha value is -2.47. The number of benzene rings is 1. The zero-order valence-corrected chi connectivity index (χ0v) is 15.5. The average Bonchev–Trinajstić information content (AvgIpc) is 2.97. The van der Waals surface area contributed by atoms with Gasteiger partial charge in [0.15, 0.2) is 5.01 Å². The van der Waals surface area contributed by atoms with Crippen molar-refractivity contribution in [3.8, 4) is 5.75 Å². The van der Waals surface area contributed by atoms with Crippen molar-refractivity contribution in [3.63, 3.8) is 0 Å². The summed E-state index contributed by atoms with van der Waals surface area (Å²) >= 11 is 1.38. The molecule has 1 fully saturated rings. The van der Waals surface area contributed by atoms with Gasteiger partial charge in [-0.2, -0.15) is 0 Å². The Morgan fingerprint density at radius 1 is 1.19 bits per heavy atom. The van der Waals surface area contributed by atoms with Gasteiger partial charge in [-0.1, -0.05) is 36.3 Å². The second kappa shape index (κ2) is 7.41. The van der Waals surface area contributed by atoms with E-state index >= 15 is 0 Å². The summed E-state index contributed by atoms with van der Waals surface area (Å²) in [5.41, 5.74) is 1.94. The molecule has 3 aromatic rings. The highest BCUT2D eigenvalue weighted by Gasteiger charge is 2.29. The van der Waals surface area contributed by atoms with Crippen LogP contribution in [0.15, 0.2) is 42.6 Å². The quantitative estimate of drug-likeness (QED) is 0.686. The van der Waals surface area contributed by atoms with Gasteiger partial charge < -0.3 is 9.64 Å². The molecular formula is C20H21N3O2S. The third kappa shape index (κ3) is 3.29. The molecule has 0 aliphatic carbocycles. The van der Waals surface area contributed by atoms with Crippen molar-refractivity contribution < 1.29 is 9.53 Å². The van der Waals surface area contributed by atoms with Crippen LogP contribution in [0.4, 0.5) is 0 Å². The van der Waals surface area contributed by atoms with Gasteiger partial charge >= 0.3 is 0 Å². The molecule has 0 unspecified atom stereocenters. The number of carbonyl (C=O) groups is 1. The number of aromatic nitrogens is 2. The lowest BCUT2D eigenvalue weighted by molar-refractivity contribution is 0.0680. The van der Waals surface area contributed by atoms with Crippen molar-refractivity contribution in [3.05, 3.63) is 53.2 Å². The molecule has 0 bridgehead atoms. The number of fused-ring (bicyclic) bond motifs is 1. The Labute approximate surface area is 156 Å². The number of ether oxygens (including phenoxy) is 1. The normalized spacial score (nSPS) is 17.9. The maximum Gasteiger partial charge on any atom is 0.283 e. The maximum atomic E-state index is 13.3. The maximum absolute atomic E-state index is 13.3. The molecule has 0 N–H and O–H groups in total. The molecule has 1 atom stereocenters. The monoisotopic (exact) mass is 367 g/mol. The van der Waals surface area contributed by atoms with Crippen molar-refractivity contribution in [1.29, 1.82) is 0 Å². The summed E-state index contributed by atoms with van der Waals surface area (Å²) in [5, 5.41) is 0.527. The van der Waals surface area contributed by atoms with Crippen molar-refractivity contribution in [2.75, 3.05) is 13.7 Å². The summed E-state index contributed by atoms with van der Waals surface area (Å²) in [6.07, 6.45) is 6.02. The topological polar surface area (TPSA) is 55.3 Å². The average molecular weight is 367 g/mol. The predicted molar refractivity (Wildman–Crippen MR) is 103 cm³/mol. The molecule has 3 heterocycles. The number of hydrogen-bond donors (Lipinski definition) is 0. The van der Waals surface area contributed by atoms with Gasteiger partial charge in [-0.3, -0.25) is 4.79 Å². The first-order valence-corrected chi connectivity index (χ1v) is 9.74. The first-order valence-electron chi connectivity index (χ1n) is 8.93. The molecule has 1 aromatic carbocycles. The van der Waals surface area contributed by atoms with Crippen LogP contribution >= 0.6 is 11.3 Å². The van der Waals surface area contributed by atoms with Crippen LogP contribution in [0.2, 0.25) is 0 Å². The molecule has 5 nitrogen and oxygen atoms in total. The highest BCUT2D eigenvalue weighted by molar-refractivity contribution is 7.19.